The van der Waals surface area contributed by atoms with E-state index in [4.69, 9.17) is 23.2 Å². The normalized spacial score (nSPS) is 16.1. The van der Waals surface area contributed by atoms with Crippen LogP contribution < -0.4 is 10.6 Å². The first-order valence-electron chi connectivity index (χ1n) is 6.35. The van der Waals surface area contributed by atoms with Crippen LogP contribution >= 0.6 is 23.2 Å². The van der Waals surface area contributed by atoms with E-state index in [9.17, 15) is 9.59 Å². The molecule has 1 heterocycles. The molecule has 1 aliphatic rings. The quantitative estimate of drug-likeness (QED) is 0.875. The molecule has 20 heavy (non-hydrogen) atoms. The Bertz CT molecular complexity index is 536. The predicted molar refractivity (Wildman–Crippen MR) is 76.8 cm³/mol. The van der Waals surface area contributed by atoms with Crippen LogP contribution in [0, 0.1) is 0 Å². The summed E-state index contributed by atoms with van der Waals surface area (Å²) in [5.41, 5.74) is 0.912. The van der Waals surface area contributed by atoms with Gasteiger partial charge < -0.3 is 10.6 Å². The third kappa shape index (κ3) is 3.42. The summed E-state index contributed by atoms with van der Waals surface area (Å²) >= 11 is 12.0. The van der Waals surface area contributed by atoms with E-state index in [1.54, 1.807) is 12.1 Å². The number of hydrogen-bond donors (Lipinski definition) is 2. The number of rotatable bonds is 4. The van der Waals surface area contributed by atoms with Gasteiger partial charge in [0.2, 0.25) is 0 Å². The minimum absolute atomic E-state index is 0.00869. The zero-order valence-electron chi connectivity index (χ0n) is 11.0. The van der Waals surface area contributed by atoms with E-state index in [2.05, 4.69) is 5.32 Å². The summed E-state index contributed by atoms with van der Waals surface area (Å²) in [6, 6.07) is 4.98. The van der Waals surface area contributed by atoms with E-state index < -0.39 is 0 Å². The van der Waals surface area contributed by atoms with Crippen molar-refractivity contribution in [3.05, 3.63) is 33.8 Å². The zero-order chi connectivity index (χ0) is 14.7. The van der Waals surface area contributed by atoms with Crippen LogP contribution in [-0.2, 0) is 4.79 Å². The fourth-order valence-electron chi connectivity index (χ4n) is 2.10. The first-order valence-corrected chi connectivity index (χ1v) is 7.11. The molecule has 108 valence electrons. The molecule has 0 aliphatic carbocycles. The first-order chi connectivity index (χ1) is 9.49. The van der Waals surface area contributed by atoms with Crippen molar-refractivity contribution < 1.29 is 14.9 Å². The average molecular weight is 317 g/mol. The molecule has 1 atom stereocenters. The van der Waals surface area contributed by atoms with E-state index in [1.807, 2.05) is 18.3 Å². The summed E-state index contributed by atoms with van der Waals surface area (Å²) in [4.78, 5) is 24.5. The maximum Gasteiger partial charge on any atom is 0.324 e. The molecule has 3 amide bonds. The highest BCUT2D eigenvalue weighted by atomic mass is 35.5. The highest BCUT2D eigenvalue weighted by Gasteiger charge is 2.27. The van der Waals surface area contributed by atoms with E-state index >= 15 is 0 Å². The lowest BCUT2D eigenvalue weighted by atomic mass is 10.1. The maximum absolute atomic E-state index is 11.9. The second-order valence-electron chi connectivity index (χ2n) is 4.67. The van der Waals surface area contributed by atoms with Crippen LogP contribution in [0.3, 0.4) is 0 Å². The van der Waals surface area contributed by atoms with Gasteiger partial charge in [0.25, 0.3) is 5.91 Å². The molecule has 1 saturated heterocycles. The van der Waals surface area contributed by atoms with Gasteiger partial charge in [0, 0.05) is 23.7 Å². The Labute approximate surface area is 127 Å². The van der Waals surface area contributed by atoms with Gasteiger partial charge in [-0.25, -0.2) is 4.79 Å². The maximum atomic E-state index is 11.9. The molecule has 1 aliphatic heterocycles. The van der Waals surface area contributed by atoms with E-state index in [0.717, 1.165) is 5.56 Å². The molecule has 0 aromatic heterocycles. The molecule has 0 saturated carbocycles. The van der Waals surface area contributed by atoms with Crippen LogP contribution in [0.25, 0.3) is 0 Å². The number of hydrogen-bond acceptors (Lipinski definition) is 2. The number of nitrogens with zero attached hydrogens (tertiary/aromatic N) is 1. The Morgan fingerprint density at radius 1 is 1.50 bits per heavy atom. The van der Waals surface area contributed by atoms with Crippen molar-refractivity contribution in [2.24, 2.45) is 0 Å². The Morgan fingerprint density at radius 2 is 2.25 bits per heavy atom. The van der Waals surface area contributed by atoms with Crippen molar-refractivity contribution in [2.45, 2.75) is 13.0 Å². The molecule has 3 N–H and O–H groups in total. The highest BCUT2D eigenvalue weighted by Crippen LogP contribution is 2.24. The van der Waals surface area contributed by atoms with Gasteiger partial charge in [-0.1, -0.05) is 29.3 Å². The fraction of sp³-hybridized carbons (Fsp3) is 0.385. The van der Waals surface area contributed by atoms with Gasteiger partial charge in [-0.3, -0.25) is 9.69 Å². The summed E-state index contributed by atoms with van der Waals surface area (Å²) in [6.45, 7) is 3.10. The molecule has 0 spiro atoms. The molecule has 0 unspecified atom stereocenters. The van der Waals surface area contributed by atoms with Crippen molar-refractivity contribution in [3.8, 4) is 0 Å². The van der Waals surface area contributed by atoms with Crippen LogP contribution in [-0.4, -0.2) is 36.5 Å². The Morgan fingerprint density at radius 3 is 2.85 bits per heavy atom. The third-order valence-electron chi connectivity index (χ3n) is 3.26. The first kappa shape index (κ1) is 15.1. The molecular formula is C13H16Cl2N3O2+. The van der Waals surface area contributed by atoms with Crippen LogP contribution in [0.15, 0.2) is 18.2 Å². The molecule has 7 heteroatoms. The number of quaternary nitrogens is 1. The number of carbonyl (C=O) groups excluding carboxylic acids is 2. The van der Waals surface area contributed by atoms with Crippen LogP contribution in [0.2, 0.25) is 10.0 Å². The van der Waals surface area contributed by atoms with E-state index in [1.165, 1.54) is 4.90 Å². The van der Waals surface area contributed by atoms with Gasteiger partial charge in [0.15, 0.2) is 6.54 Å². The van der Waals surface area contributed by atoms with Crippen LogP contribution in [0.5, 0.6) is 0 Å². The van der Waals surface area contributed by atoms with Crippen molar-refractivity contribution in [1.29, 1.82) is 0 Å². The van der Waals surface area contributed by atoms with Crippen LogP contribution in [0.1, 0.15) is 18.5 Å². The Balaban J connectivity index is 1.93. The lowest BCUT2D eigenvalue weighted by molar-refractivity contribution is -0.683. The number of imide groups is 1. The summed E-state index contributed by atoms with van der Waals surface area (Å²) in [5, 5.41) is 5.61. The zero-order valence-corrected chi connectivity index (χ0v) is 12.5. The lowest BCUT2D eigenvalue weighted by Crippen LogP contribution is -2.87. The minimum Gasteiger partial charge on any atom is -0.336 e. The molecule has 2 rings (SSSR count). The topological polar surface area (TPSA) is 66.0 Å². The number of urea groups is 1. The SMILES string of the molecule is C[C@H]([NH2+]CC(=O)N1CCNC1=O)c1ccc(Cl)cc1Cl. The molecular weight excluding hydrogens is 301 g/mol. The third-order valence-corrected chi connectivity index (χ3v) is 3.82. The minimum atomic E-state index is -0.319. The molecule has 0 radical (unpaired) electrons. The van der Waals surface area contributed by atoms with Crippen molar-refractivity contribution in [2.75, 3.05) is 19.6 Å². The summed E-state index contributed by atoms with van der Waals surface area (Å²) in [6.07, 6.45) is 0. The van der Waals surface area contributed by atoms with Gasteiger partial charge in [-0.05, 0) is 19.1 Å². The molecule has 0 bridgehead atoms. The molecule has 1 aromatic rings. The number of amides is 3. The lowest BCUT2D eigenvalue weighted by Gasteiger charge is -2.15. The van der Waals surface area contributed by atoms with Gasteiger partial charge in [-0.2, -0.15) is 0 Å². The van der Waals surface area contributed by atoms with Gasteiger partial charge in [0.05, 0.1) is 5.02 Å². The van der Waals surface area contributed by atoms with Crippen molar-refractivity contribution >= 4 is 35.1 Å². The van der Waals surface area contributed by atoms with Crippen molar-refractivity contribution in [1.82, 2.24) is 10.2 Å². The number of benzene rings is 1. The standard InChI is InChI=1S/C13H15Cl2N3O2/c1-8(10-3-2-9(14)6-11(10)15)17-7-12(19)18-5-4-16-13(18)20/h2-3,6,8,17H,4-5,7H2,1H3,(H,16,20)/p+1/t8-/m0/s1. The summed E-state index contributed by atoms with van der Waals surface area (Å²) in [5.74, 6) is -0.197. The van der Waals surface area contributed by atoms with Gasteiger partial charge in [0.1, 0.15) is 6.04 Å². The molecule has 1 fully saturated rings. The number of halogens is 2. The van der Waals surface area contributed by atoms with E-state index in [-0.39, 0.29) is 24.5 Å². The second kappa shape index (κ2) is 6.43. The fourth-order valence-corrected chi connectivity index (χ4v) is 2.68. The van der Waals surface area contributed by atoms with Crippen LogP contribution in [0.4, 0.5) is 4.79 Å². The second-order valence-corrected chi connectivity index (χ2v) is 5.52. The van der Waals surface area contributed by atoms with Crippen molar-refractivity contribution in [3.63, 3.8) is 0 Å². The summed E-state index contributed by atoms with van der Waals surface area (Å²) in [7, 11) is 0. The summed E-state index contributed by atoms with van der Waals surface area (Å²) < 4.78 is 0. The number of nitrogens with one attached hydrogen (secondary N) is 1. The largest absolute Gasteiger partial charge is 0.336 e. The smallest absolute Gasteiger partial charge is 0.324 e. The Kier molecular flexibility index (Phi) is 4.86. The molecule has 1 aromatic carbocycles. The van der Waals surface area contributed by atoms with Gasteiger partial charge in [-0.15, -0.1) is 0 Å². The van der Waals surface area contributed by atoms with E-state index in [0.29, 0.717) is 23.1 Å². The monoisotopic (exact) mass is 316 g/mol. The Hall–Kier alpha value is -1.30. The highest BCUT2D eigenvalue weighted by molar-refractivity contribution is 6.35. The average Bonchev–Trinajstić information content (AvgIpc) is 2.82. The van der Waals surface area contributed by atoms with Gasteiger partial charge >= 0.3 is 6.03 Å². The number of nitrogens with two attached hydrogens (primary N) is 1. The predicted octanol–water partition coefficient (Wildman–Crippen LogP) is 1.17. The number of carbonyl (C=O) groups is 2. The molecule has 5 nitrogen and oxygen atoms in total.